The third-order valence-electron chi connectivity index (χ3n) is 5.11. The van der Waals surface area contributed by atoms with Crippen LogP contribution >= 0.6 is 0 Å². The summed E-state index contributed by atoms with van der Waals surface area (Å²) in [5.74, 6) is 0.215. The highest BCUT2D eigenvalue weighted by Crippen LogP contribution is 2.35. The van der Waals surface area contributed by atoms with Gasteiger partial charge in [0.05, 0.1) is 11.4 Å². The highest BCUT2D eigenvalue weighted by molar-refractivity contribution is 6.02. The summed E-state index contributed by atoms with van der Waals surface area (Å²) < 4.78 is 0. The van der Waals surface area contributed by atoms with Gasteiger partial charge in [0.15, 0.2) is 5.78 Å². The third kappa shape index (κ3) is 2.89. The fraction of sp³-hybridized carbons (Fsp3) is 0.217. The van der Waals surface area contributed by atoms with E-state index in [-0.39, 0.29) is 11.2 Å². The van der Waals surface area contributed by atoms with Crippen LogP contribution in [-0.2, 0) is 6.42 Å². The van der Waals surface area contributed by atoms with Crippen LogP contribution in [-0.4, -0.2) is 10.8 Å². The molecule has 0 fully saturated rings. The first-order valence-electron chi connectivity index (χ1n) is 8.75. The molecule has 2 nitrogen and oxygen atoms in total. The number of aryl methyl sites for hydroxylation is 1. The average molecular weight is 327 g/mol. The Morgan fingerprint density at radius 2 is 1.44 bits per heavy atom. The number of hydrogen-bond acceptors (Lipinski definition) is 2. The van der Waals surface area contributed by atoms with Crippen molar-refractivity contribution in [2.45, 2.75) is 26.7 Å². The number of carbonyl (C=O) groups is 1. The zero-order valence-electron chi connectivity index (χ0n) is 14.6. The van der Waals surface area contributed by atoms with E-state index in [1.54, 1.807) is 0 Å². The molecule has 2 heteroatoms. The molecule has 25 heavy (non-hydrogen) atoms. The highest BCUT2D eigenvalue weighted by Gasteiger charge is 2.34. The normalized spacial score (nSPS) is 15.7. The Kier molecular flexibility index (Phi) is 3.76. The van der Waals surface area contributed by atoms with Crippen molar-refractivity contribution < 1.29 is 4.79 Å². The highest BCUT2D eigenvalue weighted by atomic mass is 16.1. The quantitative estimate of drug-likeness (QED) is 0.616. The lowest BCUT2D eigenvalue weighted by Crippen LogP contribution is -2.31. The molecule has 0 aliphatic heterocycles. The summed E-state index contributed by atoms with van der Waals surface area (Å²) in [5, 5.41) is 0. The second kappa shape index (κ2) is 5.96. The first kappa shape index (κ1) is 15.8. The van der Waals surface area contributed by atoms with Gasteiger partial charge in [0.1, 0.15) is 0 Å². The Morgan fingerprint density at radius 3 is 2.16 bits per heavy atom. The number of benzene rings is 2. The first-order valence-corrected chi connectivity index (χ1v) is 8.75. The molecule has 1 aromatic heterocycles. The summed E-state index contributed by atoms with van der Waals surface area (Å²) in [4.78, 5) is 17.3. The fourth-order valence-corrected chi connectivity index (χ4v) is 3.43. The topological polar surface area (TPSA) is 30.0 Å². The minimum absolute atomic E-state index is 0.215. The number of pyridine rings is 1. The van der Waals surface area contributed by atoms with E-state index in [1.165, 1.54) is 11.1 Å². The molecule has 0 atom stereocenters. The van der Waals surface area contributed by atoms with Crippen LogP contribution < -0.4 is 0 Å². The summed E-state index contributed by atoms with van der Waals surface area (Å²) in [6, 6.07) is 22.7. The lowest BCUT2D eigenvalue weighted by Gasteiger charge is -2.29. The van der Waals surface area contributed by atoms with E-state index >= 15 is 0 Å². The van der Waals surface area contributed by atoms with Gasteiger partial charge in [-0.25, -0.2) is 0 Å². The molecule has 0 N–H and O–H groups in total. The van der Waals surface area contributed by atoms with Crippen molar-refractivity contribution in [1.82, 2.24) is 4.98 Å². The van der Waals surface area contributed by atoms with E-state index < -0.39 is 0 Å². The molecule has 4 rings (SSSR count). The van der Waals surface area contributed by atoms with Crippen LogP contribution in [0.1, 0.15) is 36.3 Å². The summed E-state index contributed by atoms with van der Waals surface area (Å²) in [7, 11) is 0. The molecule has 0 saturated carbocycles. The Bertz CT molecular complexity index is 924. The predicted molar refractivity (Wildman–Crippen MR) is 102 cm³/mol. The molecule has 0 bridgehead atoms. The molecule has 124 valence electrons. The molecule has 0 saturated heterocycles. The van der Waals surface area contributed by atoms with Crippen molar-refractivity contribution in [3.05, 3.63) is 78.0 Å². The molecule has 0 radical (unpaired) electrons. The van der Waals surface area contributed by atoms with Gasteiger partial charge in [-0.1, -0.05) is 68.4 Å². The molecule has 0 unspecified atom stereocenters. The second-order valence-electron chi connectivity index (χ2n) is 7.35. The van der Waals surface area contributed by atoms with E-state index in [4.69, 9.17) is 4.98 Å². The Labute approximate surface area is 148 Å². The number of nitrogens with zero attached hydrogens (tertiary/aromatic N) is 1. The maximum absolute atomic E-state index is 12.5. The predicted octanol–water partition coefficient (Wildman–Crippen LogP) is 5.57. The van der Waals surface area contributed by atoms with Crippen LogP contribution in [0.5, 0.6) is 0 Å². The molecule has 3 aromatic rings. The number of rotatable bonds is 2. The number of ketones is 1. The van der Waals surface area contributed by atoms with Gasteiger partial charge in [0.2, 0.25) is 0 Å². The molecular weight excluding hydrogens is 306 g/mol. The minimum Gasteiger partial charge on any atom is -0.294 e. The zero-order valence-corrected chi connectivity index (χ0v) is 14.6. The van der Waals surface area contributed by atoms with Crippen LogP contribution in [0.2, 0.25) is 0 Å². The number of Topliss-reactive ketones (excluding diaryl/α,β-unsaturated/α-hetero) is 1. The van der Waals surface area contributed by atoms with Crippen molar-refractivity contribution in [2.24, 2.45) is 5.41 Å². The van der Waals surface area contributed by atoms with E-state index in [2.05, 4.69) is 36.4 Å². The van der Waals surface area contributed by atoms with Crippen molar-refractivity contribution in [3.8, 4) is 22.4 Å². The summed E-state index contributed by atoms with van der Waals surface area (Å²) in [5.41, 5.74) is 5.88. The second-order valence-corrected chi connectivity index (χ2v) is 7.35. The van der Waals surface area contributed by atoms with E-state index in [0.717, 1.165) is 35.4 Å². The molecule has 1 aliphatic carbocycles. The number of carbonyl (C=O) groups excluding carboxylic acids is 1. The monoisotopic (exact) mass is 327 g/mol. The standard InChI is InChI=1S/C23H21NO/c1-23(2)15-14-21-19(22(23)25)12-13-20(24-21)18-10-8-17(9-11-18)16-6-4-3-5-7-16/h3-13H,14-15H2,1-2H3. The van der Waals surface area contributed by atoms with Crippen molar-refractivity contribution in [2.75, 3.05) is 0 Å². The van der Waals surface area contributed by atoms with Gasteiger partial charge in [-0.15, -0.1) is 0 Å². The molecule has 0 spiro atoms. The maximum atomic E-state index is 12.5. The summed E-state index contributed by atoms with van der Waals surface area (Å²) >= 11 is 0. The molecule has 2 aromatic carbocycles. The minimum atomic E-state index is -0.270. The number of aromatic nitrogens is 1. The van der Waals surface area contributed by atoms with Gasteiger partial charge in [-0.05, 0) is 36.1 Å². The van der Waals surface area contributed by atoms with Gasteiger partial charge >= 0.3 is 0 Å². The summed E-state index contributed by atoms with van der Waals surface area (Å²) in [6.07, 6.45) is 1.73. The van der Waals surface area contributed by atoms with Crippen LogP contribution in [0.4, 0.5) is 0 Å². The number of fused-ring (bicyclic) bond motifs is 1. The van der Waals surface area contributed by atoms with Gasteiger partial charge < -0.3 is 0 Å². The largest absolute Gasteiger partial charge is 0.294 e. The maximum Gasteiger partial charge on any atom is 0.170 e. The van der Waals surface area contributed by atoms with Crippen molar-refractivity contribution >= 4 is 5.78 Å². The zero-order chi connectivity index (χ0) is 17.4. The summed E-state index contributed by atoms with van der Waals surface area (Å²) in [6.45, 7) is 4.04. The van der Waals surface area contributed by atoms with E-state index in [9.17, 15) is 4.79 Å². The van der Waals surface area contributed by atoms with Crippen LogP contribution in [0, 0.1) is 5.41 Å². The first-order chi connectivity index (χ1) is 12.0. The lowest BCUT2D eigenvalue weighted by molar-refractivity contribution is 0.0809. The van der Waals surface area contributed by atoms with Crippen LogP contribution in [0.25, 0.3) is 22.4 Å². The van der Waals surface area contributed by atoms with E-state index in [1.807, 2.05) is 44.2 Å². The van der Waals surface area contributed by atoms with Crippen molar-refractivity contribution in [3.63, 3.8) is 0 Å². The lowest BCUT2D eigenvalue weighted by atomic mass is 9.75. The van der Waals surface area contributed by atoms with Gasteiger partial charge in [0, 0.05) is 16.5 Å². The molecule has 0 amide bonds. The average Bonchev–Trinajstić information content (AvgIpc) is 2.66. The third-order valence-corrected chi connectivity index (χ3v) is 5.11. The Balaban J connectivity index is 1.66. The van der Waals surface area contributed by atoms with Gasteiger partial charge in [-0.2, -0.15) is 0 Å². The number of hydrogen-bond donors (Lipinski definition) is 0. The molecular formula is C23H21NO. The molecule has 1 heterocycles. The Morgan fingerprint density at radius 1 is 0.800 bits per heavy atom. The SMILES string of the molecule is CC1(C)CCc2nc(-c3ccc(-c4ccccc4)cc3)ccc2C1=O. The fourth-order valence-electron chi connectivity index (χ4n) is 3.43. The Hall–Kier alpha value is -2.74. The van der Waals surface area contributed by atoms with E-state index in [0.29, 0.717) is 0 Å². The molecule has 1 aliphatic rings. The van der Waals surface area contributed by atoms with Gasteiger partial charge in [0.25, 0.3) is 0 Å². The van der Waals surface area contributed by atoms with Crippen LogP contribution in [0.15, 0.2) is 66.7 Å². The van der Waals surface area contributed by atoms with Crippen molar-refractivity contribution in [1.29, 1.82) is 0 Å². The smallest absolute Gasteiger partial charge is 0.170 e. The van der Waals surface area contributed by atoms with Gasteiger partial charge in [-0.3, -0.25) is 9.78 Å². The van der Waals surface area contributed by atoms with Crippen LogP contribution in [0.3, 0.4) is 0 Å².